The highest BCUT2D eigenvalue weighted by Crippen LogP contribution is 2.20. The lowest BCUT2D eigenvalue weighted by Gasteiger charge is -2.16. The van der Waals surface area contributed by atoms with Gasteiger partial charge < -0.3 is 0 Å². The number of hydrogen-bond donors (Lipinski definition) is 0. The lowest BCUT2D eigenvalue weighted by molar-refractivity contribution is 0.416. The van der Waals surface area contributed by atoms with Gasteiger partial charge in [-0.3, -0.25) is 0 Å². The highest BCUT2D eigenvalue weighted by Gasteiger charge is 2.08. The van der Waals surface area contributed by atoms with Crippen molar-refractivity contribution >= 4 is 0 Å². The zero-order chi connectivity index (χ0) is 7.33. The first-order valence-electron chi connectivity index (χ1n) is 3.69. The molecule has 0 heterocycles. The Hall–Kier alpha value is 0. The zero-order valence-corrected chi connectivity index (χ0v) is 6.91. The molecule has 0 saturated heterocycles. The SMILES string of the molecule is [CH2]C(C)(C)CCC[CH]C. The van der Waals surface area contributed by atoms with Gasteiger partial charge in [-0.25, -0.2) is 0 Å². The summed E-state index contributed by atoms with van der Waals surface area (Å²) in [5, 5.41) is 0. The van der Waals surface area contributed by atoms with E-state index in [-0.39, 0.29) is 5.41 Å². The largest absolute Gasteiger partial charge is 0.0623 e. The van der Waals surface area contributed by atoms with Gasteiger partial charge >= 0.3 is 0 Å². The van der Waals surface area contributed by atoms with E-state index in [9.17, 15) is 0 Å². The molecule has 0 aromatic rings. The van der Waals surface area contributed by atoms with Crippen molar-refractivity contribution in [3.05, 3.63) is 13.3 Å². The quantitative estimate of drug-likeness (QED) is 0.507. The fourth-order valence-corrected chi connectivity index (χ4v) is 0.785. The van der Waals surface area contributed by atoms with Gasteiger partial charge in [0.05, 0.1) is 0 Å². The smallest absolute Gasteiger partial charge is 0.0354 e. The van der Waals surface area contributed by atoms with E-state index in [1.807, 2.05) is 0 Å². The summed E-state index contributed by atoms with van der Waals surface area (Å²) in [4.78, 5) is 0. The van der Waals surface area contributed by atoms with E-state index in [4.69, 9.17) is 0 Å². The Morgan fingerprint density at radius 3 is 2.33 bits per heavy atom. The van der Waals surface area contributed by atoms with Crippen molar-refractivity contribution in [1.82, 2.24) is 0 Å². The van der Waals surface area contributed by atoms with Crippen molar-refractivity contribution in [2.24, 2.45) is 5.41 Å². The number of unbranched alkanes of at least 4 members (excludes halogenated alkanes) is 2. The molecule has 0 aromatic carbocycles. The summed E-state index contributed by atoms with van der Waals surface area (Å²) in [6, 6.07) is 0. The maximum atomic E-state index is 4.03. The molecule has 2 radical (unpaired) electrons. The molecule has 54 valence electrons. The van der Waals surface area contributed by atoms with Gasteiger partial charge in [0.2, 0.25) is 0 Å². The summed E-state index contributed by atoms with van der Waals surface area (Å²) < 4.78 is 0. The van der Waals surface area contributed by atoms with Gasteiger partial charge in [0.15, 0.2) is 0 Å². The van der Waals surface area contributed by atoms with E-state index >= 15 is 0 Å². The molecule has 0 saturated carbocycles. The molecule has 0 atom stereocenters. The highest BCUT2D eigenvalue weighted by molar-refractivity contribution is 4.71. The normalized spacial score (nSPS) is 12.0. The second-order valence-electron chi connectivity index (χ2n) is 3.46. The molecule has 9 heavy (non-hydrogen) atoms. The monoisotopic (exact) mass is 126 g/mol. The Morgan fingerprint density at radius 2 is 2.00 bits per heavy atom. The fourth-order valence-electron chi connectivity index (χ4n) is 0.785. The van der Waals surface area contributed by atoms with Crippen LogP contribution in [0, 0.1) is 18.8 Å². The predicted molar refractivity (Wildman–Crippen MR) is 43.0 cm³/mol. The second-order valence-corrected chi connectivity index (χ2v) is 3.46. The summed E-state index contributed by atoms with van der Waals surface area (Å²) >= 11 is 0. The standard InChI is InChI=1S/C9H18/c1-5-6-7-8-9(2,3)4/h5H,2,6-8H2,1,3-4H3. The first-order chi connectivity index (χ1) is 4.06. The molecule has 0 aromatic heterocycles. The lowest BCUT2D eigenvalue weighted by Crippen LogP contribution is -2.04. The number of rotatable bonds is 4. The first-order valence-corrected chi connectivity index (χ1v) is 3.69. The van der Waals surface area contributed by atoms with Gasteiger partial charge in [-0.15, -0.1) is 0 Å². The maximum Gasteiger partial charge on any atom is -0.0354 e. The Kier molecular flexibility index (Phi) is 3.92. The van der Waals surface area contributed by atoms with Crippen LogP contribution in [0.1, 0.15) is 40.0 Å². The molecule has 0 heteroatoms. The Balaban J connectivity index is 3.07. The molecular formula is C9H18. The van der Waals surface area contributed by atoms with Crippen LogP contribution in [0.25, 0.3) is 0 Å². The van der Waals surface area contributed by atoms with Crippen LogP contribution >= 0.6 is 0 Å². The summed E-state index contributed by atoms with van der Waals surface area (Å²) in [7, 11) is 0. The molecule has 0 unspecified atom stereocenters. The third kappa shape index (κ3) is 8.00. The van der Waals surface area contributed by atoms with Crippen molar-refractivity contribution in [1.29, 1.82) is 0 Å². The van der Waals surface area contributed by atoms with Crippen LogP contribution in [0.4, 0.5) is 0 Å². The molecule has 0 aliphatic heterocycles. The Labute approximate surface area is 59.7 Å². The molecule has 0 aliphatic carbocycles. The van der Waals surface area contributed by atoms with Crippen molar-refractivity contribution in [3.63, 3.8) is 0 Å². The van der Waals surface area contributed by atoms with E-state index in [0.717, 1.165) is 0 Å². The minimum absolute atomic E-state index is 0.281. The summed E-state index contributed by atoms with van der Waals surface area (Å²) in [6.45, 7) is 10.5. The van der Waals surface area contributed by atoms with Crippen LogP contribution in [-0.4, -0.2) is 0 Å². The molecular weight excluding hydrogens is 108 g/mol. The van der Waals surface area contributed by atoms with Crippen LogP contribution in [0.5, 0.6) is 0 Å². The van der Waals surface area contributed by atoms with Gasteiger partial charge in [-0.1, -0.05) is 33.6 Å². The van der Waals surface area contributed by atoms with E-state index in [1.54, 1.807) is 0 Å². The van der Waals surface area contributed by atoms with E-state index in [1.165, 1.54) is 19.3 Å². The summed E-state index contributed by atoms with van der Waals surface area (Å²) in [5.74, 6) is 0. The molecule has 0 amide bonds. The predicted octanol–water partition coefficient (Wildman–Crippen LogP) is 3.24. The summed E-state index contributed by atoms with van der Waals surface area (Å²) in [6.07, 6.45) is 5.97. The lowest BCUT2D eigenvalue weighted by atomic mass is 9.90. The molecule has 0 aliphatic rings. The molecule has 0 bridgehead atoms. The van der Waals surface area contributed by atoms with Crippen LogP contribution in [0.3, 0.4) is 0 Å². The van der Waals surface area contributed by atoms with Crippen molar-refractivity contribution < 1.29 is 0 Å². The molecule has 0 nitrogen and oxygen atoms in total. The van der Waals surface area contributed by atoms with Crippen LogP contribution in [-0.2, 0) is 0 Å². The third-order valence-electron chi connectivity index (χ3n) is 1.35. The average Bonchev–Trinajstić information content (AvgIpc) is 1.63. The van der Waals surface area contributed by atoms with Crippen molar-refractivity contribution in [2.45, 2.75) is 40.0 Å². The Bertz CT molecular complexity index is 56.9. The molecule has 0 fully saturated rings. The van der Waals surface area contributed by atoms with E-state index in [2.05, 4.69) is 34.1 Å². The second kappa shape index (κ2) is 3.92. The minimum Gasteiger partial charge on any atom is -0.0623 e. The Morgan fingerprint density at radius 1 is 1.44 bits per heavy atom. The molecule has 0 spiro atoms. The van der Waals surface area contributed by atoms with Crippen molar-refractivity contribution in [2.75, 3.05) is 0 Å². The van der Waals surface area contributed by atoms with Crippen LogP contribution in [0.15, 0.2) is 0 Å². The average molecular weight is 126 g/mol. The molecule has 0 N–H and O–H groups in total. The van der Waals surface area contributed by atoms with Gasteiger partial charge in [0, 0.05) is 0 Å². The van der Waals surface area contributed by atoms with Crippen molar-refractivity contribution in [3.8, 4) is 0 Å². The minimum atomic E-state index is 0.281. The number of hydrogen-bond acceptors (Lipinski definition) is 0. The maximum absolute atomic E-state index is 4.03. The topological polar surface area (TPSA) is 0 Å². The fraction of sp³-hybridized carbons (Fsp3) is 0.778. The van der Waals surface area contributed by atoms with Crippen LogP contribution in [0.2, 0.25) is 0 Å². The molecule has 0 rings (SSSR count). The van der Waals surface area contributed by atoms with Gasteiger partial charge in [-0.2, -0.15) is 0 Å². The highest BCUT2D eigenvalue weighted by atomic mass is 14.1. The van der Waals surface area contributed by atoms with Gasteiger partial charge in [-0.05, 0) is 25.2 Å². The van der Waals surface area contributed by atoms with E-state index < -0.39 is 0 Å². The summed E-state index contributed by atoms with van der Waals surface area (Å²) in [5.41, 5.74) is 0.281. The first kappa shape index (κ1) is 9.00. The third-order valence-corrected chi connectivity index (χ3v) is 1.35. The van der Waals surface area contributed by atoms with Gasteiger partial charge in [0.1, 0.15) is 0 Å². The zero-order valence-electron chi connectivity index (χ0n) is 6.91. The van der Waals surface area contributed by atoms with Crippen LogP contribution < -0.4 is 0 Å². The van der Waals surface area contributed by atoms with E-state index in [0.29, 0.717) is 0 Å². The van der Waals surface area contributed by atoms with Gasteiger partial charge in [0.25, 0.3) is 0 Å².